The number of carbonyl (C=O) groups is 1. The summed E-state index contributed by atoms with van der Waals surface area (Å²) in [7, 11) is 0. The molecule has 0 aliphatic heterocycles. The molecule has 0 saturated carbocycles. The Labute approximate surface area is 134 Å². The van der Waals surface area contributed by atoms with Gasteiger partial charge >= 0.3 is 0 Å². The van der Waals surface area contributed by atoms with Crippen molar-refractivity contribution in [2.24, 2.45) is 5.92 Å². The predicted molar refractivity (Wildman–Crippen MR) is 86.8 cm³/mol. The Morgan fingerprint density at radius 2 is 2.13 bits per heavy atom. The Kier molecular flexibility index (Phi) is 3.54. The van der Waals surface area contributed by atoms with Gasteiger partial charge in [0.1, 0.15) is 0 Å². The highest BCUT2D eigenvalue weighted by Gasteiger charge is 2.24. The van der Waals surface area contributed by atoms with Crippen molar-refractivity contribution in [2.75, 3.05) is 0 Å². The van der Waals surface area contributed by atoms with Crippen molar-refractivity contribution in [3.63, 3.8) is 0 Å². The number of amides is 1. The van der Waals surface area contributed by atoms with Crippen molar-refractivity contribution in [3.8, 4) is 0 Å². The summed E-state index contributed by atoms with van der Waals surface area (Å²) in [5.41, 5.74) is 4.45. The SMILES string of the molecule is O=C(NCc1cnc2cnccn12)C1CCc2ccccc2C1. The molecule has 1 aromatic carbocycles. The first-order valence-corrected chi connectivity index (χ1v) is 7.92. The summed E-state index contributed by atoms with van der Waals surface area (Å²) in [6.45, 7) is 0.488. The Morgan fingerprint density at radius 3 is 3.04 bits per heavy atom. The van der Waals surface area contributed by atoms with E-state index in [1.807, 2.05) is 16.7 Å². The second kappa shape index (κ2) is 5.83. The van der Waals surface area contributed by atoms with Gasteiger partial charge in [0, 0.05) is 18.3 Å². The van der Waals surface area contributed by atoms with Crippen molar-refractivity contribution >= 4 is 11.6 Å². The van der Waals surface area contributed by atoms with Gasteiger partial charge in [0.2, 0.25) is 5.91 Å². The Bertz CT molecular complexity index is 855. The summed E-state index contributed by atoms with van der Waals surface area (Å²) in [6, 6.07) is 8.41. The first-order valence-electron chi connectivity index (χ1n) is 7.92. The smallest absolute Gasteiger partial charge is 0.223 e. The average Bonchev–Trinajstić information content (AvgIpc) is 3.02. The van der Waals surface area contributed by atoms with Crippen molar-refractivity contribution < 1.29 is 4.79 Å². The van der Waals surface area contributed by atoms with E-state index in [2.05, 4.69) is 33.5 Å². The summed E-state index contributed by atoms with van der Waals surface area (Å²) >= 11 is 0. The zero-order chi connectivity index (χ0) is 15.6. The summed E-state index contributed by atoms with van der Waals surface area (Å²) in [6.07, 6.45) is 9.81. The van der Waals surface area contributed by atoms with Gasteiger partial charge in [-0.3, -0.25) is 14.2 Å². The number of fused-ring (bicyclic) bond motifs is 2. The molecule has 2 heterocycles. The van der Waals surface area contributed by atoms with Crippen molar-refractivity contribution in [1.82, 2.24) is 19.7 Å². The third-order valence-electron chi connectivity index (χ3n) is 4.56. The Morgan fingerprint density at radius 1 is 1.26 bits per heavy atom. The normalized spacial score (nSPS) is 17.0. The number of benzene rings is 1. The number of hydrogen-bond acceptors (Lipinski definition) is 3. The van der Waals surface area contributed by atoms with E-state index < -0.39 is 0 Å². The predicted octanol–water partition coefficient (Wildman–Crippen LogP) is 2.15. The number of rotatable bonds is 3. The summed E-state index contributed by atoms with van der Waals surface area (Å²) in [4.78, 5) is 20.8. The minimum absolute atomic E-state index is 0.0609. The van der Waals surface area contributed by atoms with Crippen LogP contribution >= 0.6 is 0 Å². The topological polar surface area (TPSA) is 59.3 Å². The van der Waals surface area contributed by atoms with Crippen LogP contribution in [0.1, 0.15) is 23.2 Å². The molecule has 1 amide bonds. The quantitative estimate of drug-likeness (QED) is 0.806. The molecule has 1 atom stereocenters. The van der Waals surface area contributed by atoms with E-state index in [-0.39, 0.29) is 11.8 Å². The molecular weight excluding hydrogens is 288 g/mol. The number of carbonyl (C=O) groups excluding carboxylic acids is 1. The molecular formula is C18H18N4O. The van der Waals surface area contributed by atoms with Crippen LogP contribution in [0.15, 0.2) is 49.1 Å². The third kappa shape index (κ3) is 2.70. The van der Waals surface area contributed by atoms with E-state index in [4.69, 9.17) is 0 Å². The molecule has 0 bridgehead atoms. The maximum absolute atomic E-state index is 12.5. The van der Waals surface area contributed by atoms with Crippen LogP contribution in [0.5, 0.6) is 0 Å². The number of hydrogen-bond donors (Lipinski definition) is 1. The number of imidazole rings is 1. The lowest BCUT2D eigenvalue weighted by Crippen LogP contribution is -2.34. The molecule has 1 aliphatic rings. The highest BCUT2D eigenvalue weighted by Crippen LogP contribution is 2.25. The Balaban J connectivity index is 1.43. The molecule has 0 saturated heterocycles. The number of aromatic nitrogens is 3. The second-order valence-electron chi connectivity index (χ2n) is 5.98. The third-order valence-corrected chi connectivity index (χ3v) is 4.56. The molecule has 1 aliphatic carbocycles. The summed E-state index contributed by atoms with van der Waals surface area (Å²) in [5.74, 6) is 0.189. The average molecular weight is 306 g/mol. The fourth-order valence-corrected chi connectivity index (χ4v) is 3.27. The fraction of sp³-hybridized carbons (Fsp3) is 0.278. The van der Waals surface area contributed by atoms with Gasteiger partial charge < -0.3 is 5.32 Å². The van der Waals surface area contributed by atoms with Crippen LogP contribution in [0, 0.1) is 5.92 Å². The minimum atomic E-state index is 0.0609. The second-order valence-corrected chi connectivity index (χ2v) is 5.98. The van der Waals surface area contributed by atoms with Crippen LogP contribution in [0.2, 0.25) is 0 Å². The first kappa shape index (κ1) is 13.9. The summed E-state index contributed by atoms with van der Waals surface area (Å²) < 4.78 is 1.95. The highest BCUT2D eigenvalue weighted by molar-refractivity contribution is 5.79. The lowest BCUT2D eigenvalue weighted by atomic mass is 9.83. The van der Waals surface area contributed by atoms with Gasteiger partial charge in [0.25, 0.3) is 0 Å². The van der Waals surface area contributed by atoms with Crippen LogP contribution in [0.25, 0.3) is 5.65 Å². The maximum Gasteiger partial charge on any atom is 0.223 e. The monoisotopic (exact) mass is 306 g/mol. The van der Waals surface area contributed by atoms with Crippen LogP contribution in [-0.4, -0.2) is 20.3 Å². The molecule has 0 radical (unpaired) electrons. The molecule has 0 fully saturated rings. The zero-order valence-electron chi connectivity index (χ0n) is 12.8. The van der Waals surface area contributed by atoms with Crippen molar-refractivity contribution in [3.05, 3.63) is 65.9 Å². The van der Waals surface area contributed by atoms with E-state index in [0.717, 1.165) is 30.6 Å². The van der Waals surface area contributed by atoms with E-state index >= 15 is 0 Å². The summed E-state index contributed by atoms with van der Waals surface area (Å²) in [5, 5.41) is 3.06. The van der Waals surface area contributed by atoms with Crippen LogP contribution < -0.4 is 5.32 Å². The number of nitrogens with one attached hydrogen (secondary N) is 1. The van der Waals surface area contributed by atoms with Crippen LogP contribution in [-0.2, 0) is 24.2 Å². The maximum atomic E-state index is 12.5. The van der Waals surface area contributed by atoms with Crippen LogP contribution in [0.3, 0.4) is 0 Å². The number of nitrogens with zero attached hydrogens (tertiary/aromatic N) is 3. The van der Waals surface area contributed by atoms with Crippen LogP contribution in [0.4, 0.5) is 0 Å². The zero-order valence-corrected chi connectivity index (χ0v) is 12.8. The number of aryl methyl sites for hydroxylation is 1. The van der Waals surface area contributed by atoms with Gasteiger partial charge in [0.05, 0.1) is 24.6 Å². The first-order chi connectivity index (χ1) is 11.3. The van der Waals surface area contributed by atoms with Gasteiger partial charge in [-0.05, 0) is 30.4 Å². The molecule has 23 heavy (non-hydrogen) atoms. The largest absolute Gasteiger partial charge is 0.350 e. The molecule has 3 aromatic rings. The standard InChI is InChI=1S/C18H18N4O/c23-18(15-6-5-13-3-1-2-4-14(13)9-15)21-11-16-10-20-17-12-19-7-8-22(16)17/h1-4,7-8,10,12,15H,5-6,9,11H2,(H,21,23). The molecule has 5 heteroatoms. The molecule has 4 rings (SSSR count). The van der Waals surface area contributed by atoms with Crippen molar-refractivity contribution in [1.29, 1.82) is 0 Å². The highest BCUT2D eigenvalue weighted by atomic mass is 16.1. The van der Waals surface area contributed by atoms with Gasteiger partial charge in [-0.15, -0.1) is 0 Å². The molecule has 5 nitrogen and oxygen atoms in total. The molecule has 1 N–H and O–H groups in total. The molecule has 2 aromatic heterocycles. The van der Waals surface area contributed by atoms with Gasteiger partial charge in [-0.1, -0.05) is 24.3 Å². The minimum Gasteiger partial charge on any atom is -0.350 e. The lowest BCUT2D eigenvalue weighted by molar-refractivity contribution is -0.125. The molecule has 0 spiro atoms. The lowest BCUT2D eigenvalue weighted by Gasteiger charge is -2.23. The molecule has 116 valence electrons. The van der Waals surface area contributed by atoms with E-state index in [9.17, 15) is 4.79 Å². The van der Waals surface area contributed by atoms with Gasteiger partial charge in [-0.2, -0.15) is 0 Å². The van der Waals surface area contributed by atoms with Gasteiger partial charge in [0.15, 0.2) is 5.65 Å². The van der Waals surface area contributed by atoms with E-state index in [0.29, 0.717) is 6.54 Å². The van der Waals surface area contributed by atoms with E-state index in [1.165, 1.54) is 11.1 Å². The molecule has 1 unspecified atom stereocenters. The van der Waals surface area contributed by atoms with Gasteiger partial charge in [-0.25, -0.2) is 4.98 Å². The Hall–Kier alpha value is -2.69. The van der Waals surface area contributed by atoms with E-state index in [1.54, 1.807) is 18.6 Å². The fourth-order valence-electron chi connectivity index (χ4n) is 3.27. The van der Waals surface area contributed by atoms with Crippen molar-refractivity contribution in [2.45, 2.75) is 25.8 Å².